The summed E-state index contributed by atoms with van der Waals surface area (Å²) >= 11 is 19.2. The molecule has 0 bridgehead atoms. The third-order valence-corrected chi connectivity index (χ3v) is 5.60. The molecule has 0 aliphatic carbocycles. The molecule has 7 heteroatoms. The minimum absolute atomic E-state index is 0.273. The maximum absolute atomic E-state index is 12.7. The van der Waals surface area contributed by atoms with Crippen molar-refractivity contribution in [2.75, 3.05) is 0 Å². The number of rotatable bonds is 3. The lowest BCUT2D eigenvalue weighted by atomic mass is 10.1. The van der Waals surface area contributed by atoms with Crippen molar-refractivity contribution < 1.29 is 13.9 Å². The lowest BCUT2D eigenvalue weighted by molar-refractivity contribution is 0.0736. The van der Waals surface area contributed by atoms with Crippen LogP contribution in [0.4, 0.5) is 0 Å². The average molecular weight is 541 g/mol. The highest BCUT2D eigenvalue weighted by Gasteiger charge is 2.23. The van der Waals surface area contributed by atoms with E-state index in [0.29, 0.717) is 32.3 Å². The van der Waals surface area contributed by atoms with E-state index < -0.39 is 5.97 Å². The number of fused-ring (bicyclic) bond motifs is 1. The van der Waals surface area contributed by atoms with E-state index >= 15 is 0 Å². The van der Waals surface area contributed by atoms with E-state index in [4.69, 9.17) is 32.4 Å². The molecule has 0 amide bonds. The Morgan fingerprint density at radius 1 is 0.893 bits per heavy atom. The zero-order chi connectivity index (χ0) is 19.8. The van der Waals surface area contributed by atoms with Gasteiger partial charge in [0.25, 0.3) is 0 Å². The monoisotopic (exact) mass is 538 g/mol. The van der Waals surface area contributed by atoms with Gasteiger partial charge in [-0.25, -0.2) is 4.79 Å². The lowest BCUT2D eigenvalue weighted by Crippen LogP contribution is -2.08. The van der Waals surface area contributed by atoms with Crippen LogP contribution in [0, 0.1) is 0 Å². The molecule has 0 aliphatic heterocycles. The summed E-state index contributed by atoms with van der Waals surface area (Å²) in [7, 11) is 0. The van der Waals surface area contributed by atoms with Crippen molar-refractivity contribution in [3.8, 4) is 17.1 Å². The SMILES string of the molecule is O=C(Oc1c(-c2ccc(Br)cc2)oc2c(Cl)cc(Cl)cc12)c1ccc(Br)cc1. The van der Waals surface area contributed by atoms with E-state index in [0.717, 1.165) is 14.5 Å². The molecule has 140 valence electrons. The number of halogens is 4. The van der Waals surface area contributed by atoms with Crippen molar-refractivity contribution in [1.82, 2.24) is 0 Å². The Hall–Kier alpha value is -1.79. The average Bonchev–Trinajstić information content (AvgIpc) is 3.01. The summed E-state index contributed by atoms with van der Waals surface area (Å²) in [5.41, 5.74) is 1.56. The van der Waals surface area contributed by atoms with Crippen LogP contribution in [0.5, 0.6) is 5.75 Å². The third kappa shape index (κ3) is 3.85. The van der Waals surface area contributed by atoms with Gasteiger partial charge in [0.05, 0.1) is 16.0 Å². The van der Waals surface area contributed by atoms with E-state index in [1.54, 1.807) is 36.4 Å². The number of hydrogen-bond acceptors (Lipinski definition) is 3. The molecule has 1 heterocycles. The van der Waals surface area contributed by atoms with Crippen molar-refractivity contribution >= 4 is 72.0 Å². The first-order valence-corrected chi connectivity index (χ1v) is 10.4. The van der Waals surface area contributed by atoms with Gasteiger partial charge in [0.1, 0.15) is 0 Å². The number of benzene rings is 3. The van der Waals surface area contributed by atoms with Gasteiger partial charge in [0.15, 0.2) is 17.1 Å². The van der Waals surface area contributed by atoms with Gasteiger partial charge in [-0.05, 0) is 60.7 Å². The second-order valence-corrected chi connectivity index (χ2v) is 8.60. The second-order valence-electron chi connectivity index (χ2n) is 5.93. The summed E-state index contributed by atoms with van der Waals surface area (Å²) in [5, 5.41) is 1.29. The van der Waals surface area contributed by atoms with Crippen molar-refractivity contribution in [1.29, 1.82) is 0 Å². The molecule has 0 saturated carbocycles. The van der Waals surface area contributed by atoms with E-state index in [1.165, 1.54) is 0 Å². The van der Waals surface area contributed by atoms with Crippen LogP contribution in [0.2, 0.25) is 10.0 Å². The number of carbonyl (C=O) groups is 1. The first kappa shape index (κ1) is 19.5. The molecular weight excluding hydrogens is 531 g/mol. The number of ether oxygens (including phenoxy) is 1. The van der Waals surface area contributed by atoms with Crippen molar-refractivity contribution in [3.05, 3.63) is 85.2 Å². The summed E-state index contributed by atoms with van der Waals surface area (Å²) in [6.07, 6.45) is 0. The normalized spacial score (nSPS) is 11.0. The van der Waals surface area contributed by atoms with E-state index in [-0.39, 0.29) is 5.75 Å². The van der Waals surface area contributed by atoms with E-state index in [2.05, 4.69) is 31.9 Å². The van der Waals surface area contributed by atoms with Crippen molar-refractivity contribution in [3.63, 3.8) is 0 Å². The Bertz CT molecular complexity index is 1180. The highest BCUT2D eigenvalue weighted by Crippen LogP contribution is 2.44. The van der Waals surface area contributed by atoms with Gasteiger partial charge in [-0.3, -0.25) is 0 Å². The van der Waals surface area contributed by atoms with Gasteiger partial charge in [-0.1, -0.05) is 55.1 Å². The Morgan fingerprint density at radius 2 is 1.50 bits per heavy atom. The quantitative estimate of drug-likeness (QED) is 0.246. The van der Waals surface area contributed by atoms with Crippen LogP contribution in [0.15, 0.2) is 74.0 Å². The summed E-state index contributed by atoms with van der Waals surface area (Å²) in [5.74, 6) is 0.163. The molecule has 0 radical (unpaired) electrons. The Morgan fingerprint density at radius 3 is 2.14 bits per heavy atom. The van der Waals surface area contributed by atoms with Gasteiger partial charge in [0.2, 0.25) is 0 Å². The molecule has 3 nitrogen and oxygen atoms in total. The van der Waals surface area contributed by atoms with E-state index in [9.17, 15) is 4.79 Å². The first-order chi connectivity index (χ1) is 13.4. The second kappa shape index (κ2) is 7.91. The van der Waals surface area contributed by atoms with Crippen LogP contribution in [0.3, 0.4) is 0 Å². The molecule has 0 saturated heterocycles. The van der Waals surface area contributed by atoms with Gasteiger partial charge < -0.3 is 9.15 Å². The molecule has 0 N–H and O–H groups in total. The Kier molecular flexibility index (Phi) is 5.52. The molecule has 28 heavy (non-hydrogen) atoms. The van der Waals surface area contributed by atoms with Gasteiger partial charge in [-0.15, -0.1) is 0 Å². The fourth-order valence-electron chi connectivity index (χ4n) is 2.73. The molecule has 0 aliphatic rings. The lowest BCUT2D eigenvalue weighted by Gasteiger charge is -2.06. The number of hydrogen-bond donors (Lipinski definition) is 0. The van der Waals surface area contributed by atoms with Crippen LogP contribution in [-0.2, 0) is 0 Å². The van der Waals surface area contributed by atoms with Crippen molar-refractivity contribution in [2.45, 2.75) is 0 Å². The number of esters is 1. The predicted octanol–water partition coefficient (Wildman–Crippen LogP) is 8.15. The highest BCUT2D eigenvalue weighted by molar-refractivity contribution is 9.10. The van der Waals surface area contributed by atoms with E-state index in [1.807, 2.05) is 24.3 Å². The highest BCUT2D eigenvalue weighted by atomic mass is 79.9. The molecule has 4 rings (SSSR count). The molecule has 3 aromatic carbocycles. The van der Waals surface area contributed by atoms with Crippen LogP contribution in [0.1, 0.15) is 10.4 Å². The minimum atomic E-state index is -0.510. The number of carbonyl (C=O) groups excluding carboxylic acids is 1. The Labute approximate surface area is 187 Å². The third-order valence-electron chi connectivity index (χ3n) is 4.04. The van der Waals surface area contributed by atoms with Crippen molar-refractivity contribution in [2.24, 2.45) is 0 Å². The van der Waals surface area contributed by atoms with Crippen LogP contribution in [0.25, 0.3) is 22.3 Å². The summed E-state index contributed by atoms with van der Waals surface area (Å²) in [6.45, 7) is 0. The molecule has 0 unspecified atom stereocenters. The standard InChI is InChI=1S/C21H10Br2Cl2O3/c22-13-5-1-11(2-6-13)18-20(16-9-15(24)10-17(25)19(16)27-18)28-21(26)12-3-7-14(23)8-4-12/h1-10H. The first-order valence-electron chi connectivity index (χ1n) is 8.07. The molecule has 0 atom stereocenters. The van der Waals surface area contributed by atoms with Gasteiger partial charge in [-0.2, -0.15) is 0 Å². The summed E-state index contributed by atoms with van der Waals surface area (Å²) in [6, 6.07) is 17.6. The molecule has 0 fully saturated rings. The fraction of sp³-hybridized carbons (Fsp3) is 0. The van der Waals surface area contributed by atoms with Crippen LogP contribution >= 0.6 is 55.1 Å². The number of furan rings is 1. The zero-order valence-electron chi connectivity index (χ0n) is 14.0. The van der Waals surface area contributed by atoms with Crippen LogP contribution in [-0.4, -0.2) is 5.97 Å². The molecular formula is C21H10Br2Cl2O3. The van der Waals surface area contributed by atoms with Gasteiger partial charge in [0, 0.05) is 19.5 Å². The van der Waals surface area contributed by atoms with Gasteiger partial charge >= 0.3 is 5.97 Å². The largest absolute Gasteiger partial charge is 0.450 e. The topological polar surface area (TPSA) is 39.4 Å². The predicted molar refractivity (Wildman–Crippen MR) is 118 cm³/mol. The zero-order valence-corrected chi connectivity index (χ0v) is 18.7. The fourth-order valence-corrected chi connectivity index (χ4v) is 3.79. The summed E-state index contributed by atoms with van der Waals surface area (Å²) < 4.78 is 13.5. The maximum Gasteiger partial charge on any atom is 0.343 e. The Balaban J connectivity index is 1.86. The smallest absolute Gasteiger partial charge is 0.343 e. The minimum Gasteiger partial charge on any atom is -0.450 e. The molecule has 0 spiro atoms. The summed E-state index contributed by atoms with van der Waals surface area (Å²) in [4.78, 5) is 12.7. The maximum atomic E-state index is 12.7. The molecule has 4 aromatic rings. The molecule has 1 aromatic heterocycles. The van der Waals surface area contributed by atoms with Crippen LogP contribution < -0.4 is 4.74 Å².